The Kier molecular flexibility index (Phi) is 3.51. The molecule has 24 heavy (non-hydrogen) atoms. The number of aromatic nitrogens is 1. The van der Waals surface area contributed by atoms with Crippen LogP contribution in [-0.2, 0) is 6.54 Å². The fourth-order valence-electron chi connectivity index (χ4n) is 3.30. The van der Waals surface area contributed by atoms with Crippen molar-refractivity contribution in [3.63, 3.8) is 0 Å². The maximum absolute atomic E-state index is 12.3. The first-order valence-electron chi connectivity index (χ1n) is 7.79. The Morgan fingerprint density at radius 1 is 1.21 bits per heavy atom. The van der Waals surface area contributed by atoms with Gasteiger partial charge in [0.25, 0.3) is 5.91 Å². The quantitative estimate of drug-likeness (QED) is 0.731. The summed E-state index contributed by atoms with van der Waals surface area (Å²) in [5.74, 6) is -0.0701. The maximum atomic E-state index is 12.3. The molecule has 0 saturated heterocycles. The molecule has 0 atom stereocenters. The summed E-state index contributed by atoms with van der Waals surface area (Å²) in [4.78, 5) is 12.3. The normalized spacial score (nSPS) is 13.9. The molecule has 118 valence electrons. The van der Waals surface area contributed by atoms with Crippen molar-refractivity contribution in [2.24, 2.45) is 0 Å². The van der Waals surface area contributed by atoms with Crippen molar-refractivity contribution in [3.8, 4) is 17.2 Å². The minimum atomic E-state index is -0.0701. The van der Waals surface area contributed by atoms with E-state index >= 15 is 0 Å². The molecule has 1 aliphatic heterocycles. The molecule has 1 amide bonds. The van der Waals surface area contributed by atoms with Crippen molar-refractivity contribution in [2.75, 3.05) is 6.54 Å². The molecule has 2 heterocycles. The molecule has 0 aliphatic carbocycles. The van der Waals surface area contributed by atoms with Crippen LogP contribution in [0.2, 0.25) is 5.02 Å². The summed E-state index contributed by atoms with van der Waals surface area (Å²) < 4.78 is 2.05. The van der Waals surface area contributed by atoms with Crippen molar-refractivity contribution >= 4 is 28.4 Å². The molecule has 0 spiro atoms. The molecule has 0 unspecified atom stereocenters. The van der Waals surface area contributed by atoms with Gasteiger partial charge in [-0.25, -0.2) is 0 Å². The molecule has 1 aromatic heterocycles. The van der Waals surface area contributed by atoms with Gasteiger partial charge in [-0.15, -0.1) is 0 Å². The number of fused-ring (bicyclic) bond motifs is 3. The molecule has 0 fully saturated rings. The zero-order valence-electron chi connectivity index (χ0n) is 12.8. The largest absolute Gasteiger partial charge is 0.351 e. The molecule has 2 aromatic carbocycles. The van der Waals surface area contributed by atoms with Crippen LogP contribution in [0.25, 0.3) is 22.0 Å². The van der Waals surface area contributed by atoms with Crippen LogP contribution in [-0.4, -0.2) is 17.0 Å². The number of carbonyl (C=O) groups excluding carboxylic acids is 1. The predicted molar refractivity (Wildman–Crippen MR) is 94.0 cm³/mol. The fraction of sp³-hybridized carbons (Fsp3) is 0.158. The van der Waals surface area contributed by atoms with Crippen LogP contribution in [0.3, 0.4) is 0 Å². The number of hydrogen-bond donors (Lipinski definition) is 1. The van der Waals surface area contributed by atoms with Gasteiger partial charge < -0.3 is 9.88 Å². The number of rotatable bonds is 1. The van der Waals surface area contributed by atoms with Crippen molar-refractivity contribution < 1.29 is 4.79 Å². The average molecular weight is 336 g/mol. The monoisotopic (exact) mass is 335 g/mol. The zero-order valence-corrected chi connectivity index (χ0v) is 13.6. The Morgan fingerprint density at radius 2 is 2.08 bits per heavy atom. The summed E-state index contributed by atoms with van der Waals surface area (Å²) in [6.45, 7) is 1.43. The molecule has 1 N–H and O–H groups in total. The number of hydrogen-bond acceptors (Lipinski definition) is 2. The van der Waals surface area contributed by atoms with Gasteiger partial charge in [-0.2, -0.15) is 5.26 Å². The van der Waals surface area contributed by atoms with Crippen LogP contribution in [0.4, 0.5) is 0 Å². The molecule has 4 rings (SSSR count). The van der Waals surface area contributed by atoms with E-state index < -0.39 is 0 Å². The van der Waals surface area contributed by atoms with Gasteiger partial charge in [0.2, 0.25) is 0 Å². The summed E-state index contributed by atoms with van der Waals surface area (Å²) in [5, 5.41) is 13.8. The van der Waals surface area contributed by atoms with Gasteiger partial charge in [0, 0.05) is 29.1 Å². The third-order valence-corrected chi connectivity index (χ3v) is 4.57. The molecule has 0 radical (unpaired) electrons. The molecule has 0 bridgehead atoms. The second-order valence-corrected chi connectivity index (χ2v) is 6.31. The van der Waals surface area contributed by atoms with Crippen molar-refractivity contribution in [1.82, 2.24) is 9.88 Å². The summed E-state index contributed by atoms with van der Waals surface area (Å²) in [6.07, 6.45) is 0.873. The van der Waals surface area contributed by atoms with Gasteiger partial charge in [-0.3, -0.25) is 4.79 Å². The van der Waals surface area contributed by atoms with Crippen molar-refractivity contribution in [2.45, 2.75) is 13.0 Å². The third kappa shape index (κ3) is 2.34. The summed E-state index contributed by atoms with van der Waals surface area (Å²) in [6, 6.07) is 15.3. The van der Waals surface area contributed by atoms with E-state index in [1.54, 1.807) is 0 Å². The lowest BCUT2D eigenvalue weighted by Gasteiger charge is -2.11. The Hall–Kier alpha value is -2.77. The lowest BCUT2D eigenvalue weighted by atomic mass is 10.00. The lowest BCUT2D eigenvalue weighted by molar-refractivity contribution is 0.0951. The average Bonchev–Trinajstić information content (AvgIpc) is 2.86. The van der Waals surface area contributed by atoms with Crippen LogP contribution >= 0.6 is 11.6 Å². The second kappa shape index (κ2) is 5.70. The first-order valence-corrected chi connectivity index (χ1v) is 8.17. The van der Waals surface area contributed by atoms with Gasteiger partial charge in [0.05, 0.1) is 17.1 Å². The highest BCUT2D eigenvalue weighted by Gasteiger charge is 2.21. The maximum Gasteiger partial charge on any atom is 0.267 e. The minimum absolute atomic E-state index is 0.0701. The highest BCUT2D eigenvalue weighted by Crippen LogP contribution is 2.34. The highest BCUT2D eigenvalue weighted by molar-refractivity contribution is 6.30. The first-order chi connectivity index (χ1) is 11.7. The van der Waals surface area contributed by atoms with Crippen molar-refractivity contribution in [3.05, 3.63) is 58.7 Å². The zero-order chi connectivity index (χ0) is 16.7. The van der Waals surface area contributed by atoms with Gasteiger partial charge >= 0.3 is 0 Å². The van der Waals surface area contributed by atoms with Crippen LogP contribution in [0.15, 0.2) is 42.5 Å². The second-order valence-electron chi connectivity index (χ2n) is 5.87. The van der Waals surface area contributed by atoms with Crippen LogP contribution in [0.5, 0.6) is 0 Å². The first kappa shape index (κ1) is 14.8. The number of halogens is 1. The molecule has 3 aromatic rings. The Balaban J connectivity index is 2.08. The van der Waals surface area contributed by atoms with Crippen molar-refractivity contribution in [1.29, 1.82) is 5.26 Å². The molecule has 0 saturated carbocycles. The van der Waals surface area contributed by atoms with Gasteiger partial charge in [-0.1, -0.05) is 23.7 Å². The number of aryl methyl sites for hydroxylation is 1. The van der Waals surface area contributed by atoms with E-state index in [1.807, 2.05) is 42.5 Å². The van der Waals surface area contributed by atoms with Crippen LogP contribution in [0, 0.1) is 11.3 Å². The Morgan fingerprint density at radius 3 is 2.88 bits per heavy atom. The van der Waals surface area contributed by atoms with Gasteiger partial charge in [0.1, 0.15) is 5.69 Å². The summed E-state index contributed by atoms with van der Waals surface area (Å²) in [5.41, 5.74) is 4.05. The summed E-state index contributed by atoms with van der Waals surface area (Å²) >= 11 is 6.15. The lowest BCUT2D eigenvalue weighted by Crippen LogP contribution is -2.22. The smallest absolute Gasteiger partial charge is 0.267 e. The van der Waals surface area contributed by atoms with Gasteiger partial charge in [0.15, 0.2) is 0 Å². The predicted octanol–water partition coefficient (Wildman–Crippen LogP) is 3.97. The third-order valence-electron chi connectivity index (χ3n) is 4.33. The number of nitrogens with one attached hydrogen (secondary N) is 1. The Labute approximate surface area is 144 Å². The topological polar surface area (TPSA) is 57.8 Å². The minimum Gasteiger partial charge on any atom is -0.351 e. The van der Waals surface area contributed by atoms with E-state index in [4.69, 9.17) is 11.6 Å². The van der Waals surface area contributed by atoms with E-state index in [1.165, 1.54) is 0 Å². The van der Waals surface area contributed by atoms with E-state index in [-0.39, 0.29) is 5.91 Å². The molecular weight excluding hydrogens is 322 g/mol. The van der Waals surface area contributed by atoms with E-state index in [0.29, 0.717) is 22.8 Å². The number of carbonyl (C=O) groups is 1. The number of nitriles is 1. The standard InChI is InChI=1S/C19H14ClN3O/c20-15-4-1-3-13(9-15)16-8-12(11-21)7-14-10-17-19(24)22-5-2-6-23(17)18(14)16/h1,3-4,7-10H,2,5-6H2,(H,22,24). The number of amides is 1. The molecule has 5 heteroatoms. The summed E-state index contributed by atoms with van der Waals surface area (Å²) in [7, 11) is 0. The Bertz CT molecular complexity index is 1010. The SMILES string of the molecule is N#Cc1cc(-c2cccc(Cl)c2)c2c(c1)cc1n2CCCNC1=O. The van der Waals surface area contributed by atoms with Gasteiger partial charge in [-0.05, 0) is 42.3 Å². The molecular formula is C19H14ClN3O. The van der Waals surface area contributed by atoms with E-state index in [9.17, 15) is 10.1 Å². The molecule has 1 aliphatic rings. The fourth-order valence-corrected chi connectivity index (χ4v) is 3.49. The van der Waals surface area contributed by atoms with Crippen LogP contribution in [0.1, 0.15) is 22.5 Å². The van der Waals surface area contributed by atoms with Crippen LogP contribution < -0.4 is 5.32 Å². The molecule has 4 nitrogen and oxygen atoms in total. The van der Waals surface area contributed by atoms with E-state index in [0.717, 1.165) is 35.0 Å². The highest BCUT2D eigenvalue weighted by atomic mass is 35.5. The van der Waals surface area contributed by atoms with E-state index in [2.05, 4.69) is 16.0 Å². The number of benzene rings is 2. The number of nitrogens with zero attached hydrogens (tertiary/aromatic N) is 2.